The topological polar surface area (TPSA) is 88.4 Å². The Labute approximate surface area is 275 Å². The zero-order valence-corrected chi connectivity index (χ0v) is 27.2. The van der Waals surface area contributed by atoms with Gasteiger partial charge in [-0.2, -0.15) is 26.3 Å². The Balaban J connectivity index is 2.29. The van der Waals surface area contributed by atoms with E-state index in [-0.39, 0.29) is 47.6 Å². The summed E-state index contributed by atoms with van der Waals surface area (Å²) in [5, 5.41) is 11.7. The van der Waals surface area contributed by atoms with Crippen LogP contribution in [0.4, 0.5) is 39.5 Å². The van der Waals surface area contributed by atoms with Crippen molar-refractivity contribution in [1.29, 1.82) is 0 Å². The van der Waals surface area contributed by atoms with Gasteiger partial charge in [-0.1, -0.05) is 27.2 Å². The summed E-state index contributed by atoms with van der Waals surface area (Å²) in [6.07, 6.45) is -10.4. The minimum atomic E-state index is -5.44. The number of unbranched alkanes of at least 4 members (excludes halogenated alkanes) is 1. The van der Waals surface area contributed by atoms with Crippen molar-refractivity contribution < 1.29 is 54.2 Å². The van der Waals surface area contributed by atoms with Crippen LogP contribution >= 0.6 is 0 Å². The highest BCUT2D eigenvalue weighted by molar-refractivity contribution is 5.82. The van der Waals surface area contributed by atoms with Crippen LogP contribution in [-0.4, -0.2) is 21.6 Å². The van der Waals surface area contributed by atoms with Gasteiger partial charge in [0.25, 0.3) is 5.56 Å². The van der Waals surface area contributed by atoms with E-state index in [1.807, 2.05) is 0 Å². The molecular weight excluding hydrogens is 671 g/mol. The fourth-order valence-electron chi connectivity index (χ4n) is 5.81. The number of nitrogens with zero attached hydrogens (tertiary/aromatic N) is 1. The molecule has 0 fully saturated rings. The number of aliphatic carboxylic acids is 1. The Bertz CT molecular complexity index is 1760. The van der Waals surface area contributed by atoms with Gasteiger partial charge in [-0.15, -0.1) is 0 Å². The number of carboxylic acids is 1. The molecule has 0 saturated carbocycles. The van der Waals surface area contributed by atoms with Gasteiger partial charge in [-0.3, -0.25) is 14.4 Å². The number of pyridine rings is 1. The molecule has 2 N–H and O–H groups in total. The minimum absolute atomic E-state index is 0.0292. The molecular formula is C34H35F9N2O4. The Morgan fingerprint density at radius 2 is 1.47 bits per heavy atom. The monoisotopic (exact) mass is 706 g/mol. The third kappa shape index (κ3) is 9.04. The summed E-state index contributed by atoms with van der Waals surface area (Å²) in [5.41, 5.74) is -7.40. The summed E-state index contributed by atoms with van der Waals surface area (Å²) in [7, 11) is 0. The predicted octanol–water partition coefficient (Wildman–Crippen LogP) is 8.85. The highest BCUT2D eigenvalue weighted by Crippen LogP contribution is 2.42. The fourth-order valence-corrected chi connectivity index (χ4v) is 5.81. The zero-order chi connectivity index (χ0) is 37.2. The van der Waals surface area contributed by atoms with Gasteiger partial charge in [0.15, 0.2) is 0 Å². The van der Waals surface area contributed by atoms with E-state index in [4.69, 9.17) is 0 Å². The molecule has 0 aliphatic rings. The minimum Gasteiger partial charge on any atom is -0.481 e. The van der Waals surface area contributed by atoms with Gasteiger partial charge in [-0.25, -0.2) is 13.2 Å². The van der Waals surface area contributed by atoms with Crippen molar-refractivity contribution in [2.45, 2.75) is 91.2 Å². The van der Waals surface area contributed by atoms with E-state index in [0.717, 1.165) is 18.3 Å². The van der Waals surface area contributed by atoms with Crippen LogP contribution in [-0.2, 0) is 28.4 Å². The first-order chi connectivity index (χ1) is 22.6. The molecule has 0 spiro atoms. The zero-order valence-electron chi connectivity index (χ0n) is 27.2. The highest BCUT2D eigenvalue weighted by atomic mass is 19.4. The molecule has 1 amide bonds. The number of alkyl halides is 6. The van der Waals surface area contributed by atoms with Crippen LogP contribution in [0.15, 0.2) is 35.3 Å². The lowest BCUT2D eigenvalue weighted by atomic mass is 9.89. The van der Waals surface area contributed by atoms with E-state index in [0.29, 0.717) is 17.1 Å². The molecule has 15 heteroatoms. The van der Waals surface area contributed by atoms with Gasteiger partial charge >= 0.3 is 18.3 Å². The highest BCUT2D eigenvalue weighted by Gasteiger charge is 2.41. The van der Waals surface area contributed by atoms with Crippen molar-refractivity contribution in [2.75, 3.05) is 0 Å². The molecule has 268 valence electrons. The molecule has 3 aromatic rings. The number of carbonyl (C=O) groups excluding carboxylic acids is 1. The SMILES string of the molecule is CCCCc1cn([C@@H](CC(C)C)C(=O)N[C@@H](CC(=O)O)c2c(F)c(-c3c(C)cc(F)cc3C)cc(C(F)(F)F)c2F)c(=O)cc1C(F)(F)F. The average molecular weight is 707 g/mol. The molecule has 0 aliphatic heterocycles. The largest absolute Gasteiger partial charge is 0.481 e. The standard InChI is InChI=1S/C34H35F9N2O4/c1-6-7-8-19-15-45(26(46)13-22(19)33(38,39)40)25(9-16(2)3)32(49)44-24(14-27(47)48)29-30(36)21(12-23(31(29)37)34(41,42)43)28-17(4)10-20(35)11-18(28)5/h10-13,15-16,24-25H,6-9,14H2,1-5H3,(H,44,49)(H,47,48)/t24-,25-/m0/s1. The van der Waals surface area contributed by atoms with Crippen LogP contribution in [0, 0.1) is 37.2 Å². The number of hydrogen-bond donors (Lipinski definition) is 2. The van der Waals surface area contributed by atoms with Crippen LogP contribution in [0.3, 0.4) is 0 Å². The maximum absolute atomic E-state index is 16.3. The molecule has 2 atom stereocenters. The lowest BCUT2D eigenvalue weighted by molar-refractivity contribution is -0.140. The van der Waals surface area contributed by atoms with Crippen LogP contribution in [0.5, 0.6) is 0 Å². The Morgan fingerprint density at radius 3 is 1.96 bits per heavy atom. The maximum atomic E-state index is 16.3. The van der Waals surface area contributed by atoms with Crippen LogP contribution in [0.1, 0.15) is 91.9 Å². The summed E-state index contributed by atoms with van der Waals surface area (Å²) in [5.74, 6) is -8.17. The van der Waals surface area contributed by atoms with Crippen molar-refractivity contribution in [3.8, 4) is 11.1 Å². The Kier molecular flexibility index (Phi) is 12.0. The summed E-state index contributed by atoms with van der Waals surface area (Å²) < 4.78 is 131. The van der Waals surface area contributed by atoms with Crippen LogP contribution in [0.2, 0.25) is 0 Å². The van der Waals surface area contributed by atoms with Crippen molar-refractivity contribution in [3.63, 3.8) is 0 Å². The molecule has 0 aliphatic carbocycles. The summed E-state index contributed by atoms with van der Waals surface area (Å²) in [6, 6.07) is -1.67. The number of aryl methyl sites for hydroxylation is 3. The van der Waals surface area contributed by atoms with Gasteiger partial charge < -0.3 is 15.0 Å². The molecule has 3 rings (SSSR count). The summed E-state index contributed by atoms with van der Waals surface area (Å²) >= 11 is 0. The van der Waals surface area contributed by atoms with Gasteiger partial charge in [0, 0.05) is 23.4 Å². The van der Waals surface area contributed by atoms with E-state index in [2.05, 4.69) is 5.32 Å². The van der Waals surface area contributed by atoms with E-state index in [1.54, 1.807) is 20.8 Å². The quantitative estimate of drug-likeness (QED) is 0.184. The second-order valence-electron chi connectivity index (χ2n) is 12.3. The van der Waals surface area contributed by atoms with Crippen LogP contribution in [0.25, 0.3) is 11.1 Å². The van der Waals surface area contributed by atoms with Crippen molar-refractivity contribution in [2.24, 2.45) is 5.92 Å². The van der Waals surface area contributed by atoms with Crippen molar-refractivity contribution >= 4 is 11.9 Å². The second-order valence-corrected chi connectivity index (χ2v) is 12.3. The molecule has 2 aromatic carbocycles. The van der Waals surface area contributed by atoms with E-state index in [1.165, 1.54) is 13.8 Å². The van der Waals surface area contributed by atoms with Crippen molar-refractivity contribution in [3.05, 3.63) is 91.6 Å². The molecule has 0 bridgehead atoms. The van der Waals surface area contributed by atoms with E-state index in [9.17, 15) is 50.2 Å². The molecule has 6 nitrogen and oxygen atoms in total. The van der Waals surface area contributed by atoms with Gasteiger partial charge in [-0.05, 0) is 79.5 Å². The number of carboxylic acid groups (broad SMARTS) is 1. The molecule has 1 heterocycles. The number of amides is 1. The lowest BCUT2D eigenvalue weighted by Gasteiger charge is -2.27. The van der Waals surface area contributed by atoms with Crippen LogP contribution < -0.4 is 10.9 Å². The maximum Gasteiger partial charge on any atom is 0.419 e. The normalized spacial score (nSPS) is 13.4. The van der Waals surface area contributed by atoms with Gasteiger partial charge in [0.2, 0.25) is 5.91 Å². The Hall–Kier alpha value is -4.30. The first-order valence-corrected chi connectivity index (χ1v) is 15.3. The summed E-state index contributed by atoms with van der Waals surface area (Å²) in [4.78, 5) is 38.8. The lowest BCUT2D eigenvalue weighted by Crippen LogP contribution is -2.41. The van der Waals surface area contributed by atoms with E-state index >= 15 is 8.78 Å². The number of carbonyl (C=O) groups is 2. The van der Waals surface area contributed by atoms with Gasteiger partial charge in [0.05, 0.1) is 23.6 Å². The number of hydrogen-bond acceptors (Lipinski definition) is 3. The molecule has 0 radical (unpaired) electrons. The fraction of sp³-hybridized carbons (Fsp3) is 0.441. The second kappa shape index (κ2) is 15.1. The van der Waals surface area contributed by atoms with Gasteiger partial charge in [0.1, 0.15) is 23.5 Å². The first kappa shape index (κ1) is 39.1. The van der Waals surface area contributed by atoms with Crippen molar-refractivity contribution in [1.82, 2.24) is 9.88 Å². The summed E-state index contributed by atoms with van der Waals surface area (Å²) in [6.45, 7) is 7.44. The third-order valence-corrected chi connectivity index (χ3v) is 7.95. The number of nitrogens with one attached hydrogen (secondary N) is 1. The van der Waals surface area contributed by atoms with E-state index < -0.39 is 93.9 Å². The third-order valence-electron chi connectivity index (χ3n) is 7.95. The molecule has 1 aromatic heterocycles. The average Bonchev–Trinajstić information content (AvgIpc) is 2.94. The predicted molar refractivity (Wildman–Crippen MR) is 162 cm³/mol. The number of halogens is 9. The first-order valence-electron chi connectivity index (χ1n) is 15.3. The molecule has 49 heavy (non-hydrogen) atoms. The molecule has 0 saturated heterocycles. The number of aromatic nitrogens is 1. The smallest absolute Gasteiger partial charge is 0.419 e. The number of benzene rings is 2. The number of rotatable bonds is 12. The Morgan fingerprint density at radius 1 is 0.898 bits per heavy atom. The molecule has 0 unspecified atom stereocenters.